The first kappa shape index (κ1) is 14.0. The van der Waals surface area contributed by atoms with Gasteiger partial charge in [0.2, 0.25) is 5.56 Å². The zero-order valence-corrected chi connectivity index (χ0v) is 11.0. The summed E-state index contributed by atoms with van der Waals surface area (Å²) in [6.07, 6.45) is 0. The first-order chi connectivity index (χ1) is 9.70. The molecule has 2 N–H and O–H groups in total. The Morgan fingerprint density at radius 2 is 1.85 bits per heavy atom. The fourth-order valence-electron chi connectivity index (χ4n) is 1.92. The highest BCUT2D eigenvalue weighted by molar-refractivity contribution is 5.92. The van der Waals surface area contributed by atoms with Gasteiger partial charge < -0.3 is 15.0 Å². The summed E-state index contributed by atoms with van der Waals surface area (Å²) in [5, 5.41) is 9.10. The summed E-state index contributed by atoms with van der Waals surface area (Å²) in [4.78, 5) is 27.6. The Bertz CT molecular complexity index is 622. The summed E-state index contributed by atoms with van der Waals surface area (Å²) < 4.78 is 0. The minimum Gasteiger partial charge on any atom is -0.395 e. The number of aliphatic hydroxyl groups excluding tert-OH is 1. The molecule has 1 heterocycles. The van der Waals surface area contributed by atoms with Gasteiger partial charge in [-0.15, -0.1) is 0 Å². The lowest BCUT2D eigenvalue weighted by Crippen LogP contribution is -2.34. The summed E-state index contributed by atoms with van der Waals surface area (Å²) in [6.45, 7) is 0.470. The molecule has 0 aliphatic heterocycles. The molecule has 1 aromatic carbocycles. The van der Waals surface area contributed by atoms with E-state index in [9.17, 15) is 9.59 Å². The van der Waals surface area contributed by atoms with Crippen LogP contribution in [0.4, 0.5) is 0 Å². The van der Waals surface area contributed by atoms with Crippen molar-refractivity contribution >= 4 is 5.91 Å². The van der Waals surface area contributed by atoms with E-state index in [0.29, 0.717) is 6.54 Å². The molecule has 0 saturated heterocycles. The number of H-pyrrole nitrogens is 1. The number of nitrogens with zero attached hydrogens (tertiary/aromatic N) is 1. The minimum absolute atomic E-state index is 0.129. The van der Waals surface area contributed by atoms with Crippen LogP contribution in [0.25, 0.3) is 0 Å². The molecule has 20 heavy (non-hydrogen) atoms. The predicted octanol–water partition coefficient (Wildman–Crippen LogP) is 1.01. The largest absolute Gasteiger partial charge is 0.395 e. The Morgan fingerprint density at radius 3 is 2.50 bits per heavy atom. The van der Waals surface area contributed by atoms with Crippen molar-refractivity contribution in [3.05, 3.63) is 70.1 Å². The number of hydrogen-bond donors (Lipinski definition) is 2. The fourth-order valence-corrected chi connectivity index (χ4v) is 1.92. The second-order valence-corrected chi connectivity index (χ2v) is 4.36. The van der Waals surface area contributed by atoms with E-state index in [2.05, 4.69) is 4.98 Å². The van der Waals surface area contributed by atoms with Gasteiger partial charge >= 0.3 is 0 Å². The second kappa shape index (κ2) is 6.68. The van der Waals surface area contributed by atoms with E-state index in [4.69, 9.17) is 5.11 Å². The molecule has 0 aliphatic carbocycles. The Balaban J connectivity index is 2.20. The molecule has 0 saturated carbocycles. The van der Waals surface area contributed by atoms with Crippen LogP contribution in [-0.2, 0) is 6.54 Å². The number of aromatic nitrogens is 1. The van der Waals surface area contributed by atoms with E-state index in [-0.39, 0.29) is 30.3 Å². The maximum absolute atomic E-state index is 12.3. The van der Waals surface area contributed by atoms with Gasteiger partial charge in [0.25, 0.3) is 5.91 Å². The molecular weight excluding hydrogens is 256 g/mol. The van der Waals surface area contributed by atoms with E-state index in [0.717, 1.165) is 5.56 Å². The Morgan fingerprint density at radius 1 is 1.10 bits per heavy atom. The number of pyridine rings is 1. The summed E-state index contributed by atoms with van der Waals surface area (Å²) in [5.74, 6) is -0.305. The van der Waals surface area contributed by atoms with Crippen molar-refractivity contribution in [1.29, 1.82) is 0 Å². The number of hydrogen-bond acceptors (Lipinski definition) is 3. The SMILES string of the molecule is O=C(c1cccc(=O)[nH]1)N(CCO)Cc1ccccc1. The predicted molar refractivity (Wildman–Crippen MR) is 75.3 cm³/mol. The van der Waals surface area contributed by atoms with Crippen molar-refractivity contribution in [3.8, 4) is 0 Å². The zero-order chi connectivity index (χ0) is 14.4. The minimum atomic E-state index is -0.320. The lowest BCUT2D eigenvalue weighted by molar-refractivity contribution is 0.0701. The van der Waals surface area contributed by atoms with Gasteiger partial charge in [0, 0.05) is 19.2 Å². The molecule has 2 rings (SSSR count). The average molecular weight is 272 g/mol. The quantitative estimate of drug-likeness (QED) is 0.853. The highest BCUT2D eigenvalue weighted by Gasteiger charge is 2.16. The van der Waals surface area contributed by atoms with Crippen LogP contribution in [0.2, 0.25) is 0 Å². The maximum Gasteiger partial charge on any atom is 0.270 e. The standard InChI is InChI=1S/C15H16N2O3/c18-10-9-17(11-12-5-2-1-3-6-12)15(20)13-7-4-8-14(19)16-13/h1-8,18H,9-11H2,(H,16,19). The monoisotopic (exact) mass is 272 g/mol. The van der Waals surface area contributed by atoms with Crippen molar-refractivity contribution in [2.24, 2.45) is 0 Å². The van der Waals surface area contributed by atoms with Gasteiger partial charge in [0.1, 0.15) is 5.69 Å². The molecule has 1 amide bonds. The van der Waals surface area contributed by atoms with Crippen LogP contribution < -0.4 is 5.56 Å². The van der Waals surface area contributed by atoms with E-state index >= 15 is 0 Å². The van der Waals surface area contributed by atoms with Gasteiger partial charge in [-0.05, 0) is 11.6 Å². The fraction of sp³-hybridized carbons (Fsp3) is 0.200. The second-order valence-electron chi connectivity index (χ2n) is 4.36. The van der Waals surface area contributed by atoms with Gasteiger partial charge in [-0.3, -0.25) is 9.59 Å². The molecule has 0 radical (unpaired) electrons. The Kier molecular flexibility index (Phi) is 4.68. The maximum atomic E-state index is 12.3. The lowest BCUT2D eigenvalue weighted by atomic mass is 10.2. The number of nitrogens with one attached hydrogen (secondary N) is 1. The number of carbonyl (C=O) groups excluding carboxylic acids is 1. The van der Waals surface area contributed by atoms with Crippen LogP contribution in [0.3, 0.4) is 0 Å². The van der Waals surface area contributed by atoms with Crippen molar-refractivity contribution in [2.45, 2.75) is 6.54 Å². The summed E-state index contributed by atoms with van der Waals surface area (Å²) in [7, 11) is 0. The normalized spacial score (nSPS) is 10.2. The van der Waals surface area contributed by atoms with Gasteiger partial charge in [0.15, 0.2) is 0 Å². The third-order valence-corrected chi connectivity index (χ3v) is 2.87. The van der Waals surface area contributed by atoms with Crippen molar-refractivity contribution < 1.29 is 9.90 Å². The topological polar surface area (TPSA) is 73.4 Å². The smallest absolute Gasteiger partial charge is 0.270 e. The molecule has 0 fully saturated rings. The number of aliphatic hydroxyl groups is 1. The van der Waals surface area contributed by atoms with Crippen LogP contribution in [0.1, 0.15) is 16.1 Å². The third kappa shape index (κ3) is 3.55. The van der Waals surface area contributed by atoms with Crippen LogP contribution in [0.15, 0.2) is 53.3 Å². The molecule has 0 aliphatic rings. The number of rotatable bonds is 5. The van der Waals surface area contributed by atoms with E-state index in [1.807, 2.05) is 30.3 Å². The first-order valence-corrected chi connectivity index (χ1v) is 6.34. The summed E-state index contributed by atoms with van der Waals surface area (Å²) in [6, 6.07) is 13.9. The molecule has 104 valence electrons. The number of amides is 1. The molecule has 5 heteroatoms. The van der Waals surface area contributed by atoms with Crippen molar-refractivity contribution in [3.63, 3.8) is 0 Å². The van der Waals surface area contributed by atoms with Gasteiger partial charge in [0.05, 0.1) is 6.61 Å². The lowest BCUT2D eigenvalue weighted by Gasteiger charge is -2.21. The molecule has 0 atom stereocenters. The van der Waals surface area contributed by atoms with E-state index in [1.54, 1.807) is 6.07 Å². The third-order valence-electron chi connectivity index (χ3n) is 2.87. The van der Waals surface area contributed by atoms with Crippen LogP contribution >= 0.6 is 0 Å². The van der Waals surface area contributed by atoms with Crippen molar-refractivity contribution in [2.75, 3.05) is 13.2 Å². The Hall–Kier alpha value is -2.40. The number of aromatic amines is 1. The molecule has 2 aromatic rings. The number of benzene rings is 1. The average Bonchev–Trinajstić information content (AvgIpc) is 2.47. The van der Waals surface area contributed by atoms with Crippen LogP contribution in [-0.4, -0.2) is 34.0 Å². The first-order valence-electron chi connectivity index (χ1n) is 6.34. The molecule has 0 unspecified atom stereocenters. The van der Waals surface area contributed by atoms with Gasteiger partial charge in [-0.25, -0.2) is 0 Å². The summed E-state index contributed by atoms with van der Waals surface area (Å²) >= 11 is 0. The van der Waals surface area contributed by atoms with Crippen molar-refractivity contribution in [1.82, 2.24) is 9.88 Å². The molecule has 1 aromatic heterocycles. The molecule has 0 spiro atoms. The number of carbonyl (C=O) groups is 1. The highest BCUT2D eigenvalue weighted by atomic mass is 16.3. The van der Waals surface area contributed by atoms with Gasteiger partial charge in [-0.2, -0.15) is 0 Å². The highest BCUT2D eigenvalue weighted by Crippen LogP contribution is 2.07. The zero-order valence-electron chi connectivity index (χ0n) is 11.0. The summed E-state index contributed by atoms with van der Waals surface area (Å²) in [5.41, 5.74) is 0.869. The Labute approximate surface area is 116 Å². The van der Waals surface area contributed by atoms with E-state index < -0.39 is 0 Å². The van der Waals surface area contributed by atoms with Crippen LogP contribution in [0.5, 0.6) is 0 Å². The van der Waals surface area contributed by atoms with Crippen LogP contribution in [0, 0.1) is 0 Å². The molecular formula is C15H16N2O3. The van der Waals surface area contributed by atoms with Gasteiger partial charge in [-0.1, -0.05) is 36.4 Å². The molecule has 5 nitrogen and oxygen atoms in total. The molecule has 0 bridgehead atoms. The van der Waals surface area contributed by atoms with E-state index in [1.165, 1.54) is 17.0 Å².